The van der Waals surface area contributed by atoms with E-state index in [0.29, 0.717) is 0 Å². The lowest BCUT2D eigenvalue weighted by molar-refractivity contribution is -0.143. The van der Waals surface area contributed by atoms with Crippen molar-refractivity contribution >= 4 is 23.7 Å². The molecule has 0 aromatic rings. The highest BCUT2D eigenvalue weighted by Gasteiger charge is 2.31. The van der Waals surface area contributed by atoms with Gasteiger partial charge in [-0.2, -0.15) is 0 Å². The van der Waals surface area contributed by atoms with Gasteiger partial charge in [-0.15, -0.1) is 0 Å². The first kappa shape index (κ1) is 25.8. The minimum Gasteiger partial charge on any atom is -0.480 e. The molecule has 4 atom stereocenters. The Morgan fingerprint density at radius 2 is 1.36 bits per heavy atom. The molecular weight excluding hydrogens is 372 g/mol. The van der Waals surface area contributed by atoms with Crippen LogP contribution in [0.1, 0.15) is 34.1 Å². The molecule has 0 aromatic carbocycles. The molecule has 162 valence electrons. The summed E-state index contributed by atoms with van der Waals surface area (Å²) in [5.74, 6) is -3.97. The molecule has 0 rings (SSSR count). The maximum atomic E-state index is 12.5. The number of hydrogen-bond acceptors (Lipinski definition) is 7. The van der Waals surface area contributed by atoms with E-state index in [1.165, 1.54) is 0 Å². The number of aliphatic carboxylic acids is 1. The van der Waals surface area contributed by atoms with Gasteiger partial charge in [0, 0.05) is 0 Å². The zero-order chi connectivity index (χ0) is 22.0. The van der Waals surface area contributed by atoms with E-state index in [2.05, 4.69) is 16.0 Å². The van der Waals surface area contributed by atoms with Gasteiger partial charge in [0.05, 0.1) is 13.2 Å². The Morgan fingerprint density at radius 1 is 0.821 bits per heavy atom. The van der Waals surface area contributed by atoms with Crippen molar-refractivity contribution in [3.05, 3.63) is 0 Å². The monoisotopic (exact) mass is 404 g/mol. The molecule has 4 unspecified atom stereocenters. The zero-order valence-electron chi connectivity index (χ0n) is 16.6. The zero-order valence-corrected chi connectivity index (χ0v) is 16.6. The fraction of sp³-hybridized carbons (Fsp3) is 0.765. The molecule has 0 aliphatic rings. The van der Waals surface area contributed by atoms with Crippen LogP contribution in [0.4, 0.5) is 0 Å². The molecule has 0 saturated carbocycles. The lowest BCUT2D eigenvalue weighted by atomic mass is 10.0. The Kier molecular flexibility index (Phi) is 11.3. The second-order valence-electron chi connectivity index (χ2n) is 7.29. The van der Waals surface area contributed by atoms with Gasteiger partial charge in [-0.05, 0) is 18.3 Å². The molecule has 8 N–H and O–H groups in total. The van der Waals surface area contributed by atoms with Crippen molar-refractivity contribution in [2.45, 2.75) is 58.3 Å². The second kappa shape index (κ2) is 12.3. The molecule has 0 saturated heterocycles. The van der Waals surface area contributed by atoms with Crippen LogP contribution in [0, 0.1) is 11.8 Å². The number of aliphatic hydroxyl groups excluding tert-OH is 2. The molecule has 0 bridgehead atoms. The lowest BCUT2D eigenvalue weighted by Gasteiger charge is -2.26. The summed E-state index contributed by atoms with van der Waals surface area (Å²) in [7, 11) is 0. The molecule has 28 heavy (non-hydrogen) atoms. The van der Waals surface area contributed by atoms with Gasteiger partial charge in [0.2, 0.25) is 17.7 Å². The van der Waals surface area contributed by atoms with E-state index in [0.717, 1.165) is 0 Å². The fourth-order valence-electron chi connectivity index (χ4n) is 2.30. The average molecular weight is 404 g/mol. The van der Waals surface area contributed by atoms with Gasteiger partial charge >= 0.3 is 5.97 Å². The molecule has 0 aliphatic heterocycles. The van der Waals surface area contributed by atoms with Crippen molar-refractivity contribution in [1.29, 1.82) is 0 Å². The van der Waals surface area contributed by atoms with Crippen molar-refractivity contribution < 1.29 is 34.5 Å². The Morgan fingerprint density at radius 3 is 1.75 bits per heavy atom. The first-order valence-electron chi connectivity index (χ1n) is 9.05. The summed E-state index contributed by atoms with van der Waals surface area (Å²) in [6.07, 6.45) is 0.177. The van der Waals surface area contributed by atoms with Crippen LogP contribution in [0.15, 0.2) is 0 Å². The van der Waals surface area contributed by atoms with Crippen LogP contribution in [-0.4, -0.2) is 76.4 Å². The van der Waals surface area contributed by atoms with E-state index in [-0.39, 0.29) is 18.3 Å². The first-order chi connectivity index (χ1) is 12.9. The van der Waals surface area contributed by atoms with E-state index >= 15 is 0 Å². The Labute approximate surface area is 164 Å². The van der Waals surface area contributed by atoms with Crippen molar-refractivity contribution in [2.24, 2.45) is 17.6 Å². The summed E-state index contributed by atoms with van der Waals surface area (Å²) in [5.41, 5.74) is 5.41. The summed E-state index contributed by atoms with van der Waals surface area (Å²) in [4.78, 5) is 47.9. The minimum atomic E-state index is -1.40. The van der Waals surface area contributed by atoms with Crippen LogP contribution in [0.5, 0.6) is 0 Å². The van der Waals surface area contributed by atoms with Crippen molar-refractivity contribution in [2.75, 3.05) is 13.2 Å². The second-order valence-corrected chi connectivity index (χ2v) is 7.29. The maximum absolute atomic E-state index is 12.5. The van der Waals surface area contributed by atoms with Gasteiger partial charge < -0.3 is 37.0 Å². The third-order valence-electron chi connectivity index (χ3n) is 3.92. The van der Waals surface area contributed by atoms with Crippen LogP contribution in [0.25, 0.3) is 0 Å². The molecular formula is C17H32N4O7. The lowest BCUT2D eigenvalue weighted by Crippen LogP contribution is -2.59. The number of aliphatic hydroxyl groups is 2. The van der Waals surface area contributed by atoms with Crippen LogP contribution in [0.3, 0.4) is 0 Å². The first-order valence-corrected chi connectivity index (χ1v) is 9.05. The van der Waals surface area contributed by atoms with E-state index in [4.69, 9.17) is 10.8 Å². The number of carboxylic acids is 1. The number of carbonyl (C=O) groups excluding carboxylic acids is 3. The number of nitrogens with one attached hydrogen (secondary N) is 3. The minimum absolute atomic E-state index is 0.000153. The summed E-state index contributed by atoms with van der Waals surface area (Å²) in [6, 6.07) is -4.84. The number of hydrogen-bond donors (Lipinski definition) is 7. The Hall–Kier alpha value is -2.24. The van der Waals surface area contributed by atoms with Crippen molar-refractivity contribution in [3.8, 4) is 0 Å². The number of carbonyl (C=O) groups is 4. The maximum Gasteiger partial charge on any atom is 0.326 e. The SMILES string of the molecule is CC(C)CC(NC(=O)C(CO)NC(=O)C(NC(=O)C(N)CO)C(C)C)C(=O)O. The van der Waals surface area contributed by atoms with Crippen LogP contribution >= 0.6 is 0 Å². The summed E-state index contributed by atoms with van der Waals surface area (Å²) in [5, 5.41) is 34.5. The highest BCUT2D eigenvalue weighted by atomic mass is 16.4. The van der Waals surface area contributed by atoms with Gasteiger partial charge in [0.15, 0.2) is 0 Å². The average Bonchev–Trinajstić information content (AvgIpc) is 2.61. The van der Waals surface area contributed by atoms with Crippen molar-refractivity contribution in [3.63, 3.8) is 0 Å². The Balaban J connectivity index is 5.12. The molecule has 0 heterocycles. The molecule has 0 radical (unpaired) electrons. The summed E-state index contributed by atoms with van der Waals surface area (Å²) >= 11 is 0. The van der Waals surface area contributed by atoms with E-state index in [9.17, 15) is 29.4 Å². The van der Waals surface area contributed by atoms with E-state index in [1.807, 2.05) is 0 Å². The predicted molar refractivity (Wildman–Crippen MR) is 99.9 cm³/mol. The third-order valence-corrected chi connectivity index (χ3v) is 3.92. The molecule has 3 amide bonds. The number of rotatable bonds is 12. The number of carboxylic acid groups (broad SMARTS) is 1. The molecule has 0 aromatic heterocycles. The molecule has 11 nitrogen and oxygen atoms in total. The fourth-order valence-corrected chi connectivity index (χ4v) is 2.30. The normalized spacial score (nSPS) is 15.5. The van der Waals surface area contributed by atoms with Gasteiger partial charge in [0.1, 0.15) is 24.2 Å². The van der Waals surface area contributed by atoms with Gasteiger partial charge in [-0.3, -0.25) is 14.4 Å². The predicted octanol–water partition coefficient (Wildman–Crippen LogP) is -2.46. The standard InChI is InChI=1S/C17H32N4O7/c1-8(2)5-11(17(27)28)19-15(25)12(7-23)20-16(26)13(9(3)4)21-14(24)10(18)6-22/h8-13,22-23H,5-7,18H2,1-4H3,(H,19,25)(H,20,26)(H,21,24)(H,27,28). The molecule has 0 aliphatic carbocycles. The molecule has 11 heteroatoms. The number of nitrogens with two attached hydrogens (primary N) is 1. The van der Waals surface area contributed by atoms with Gasteiger partial charge in [-0.1, -0.05) is 27.7 Å². The van der Waals surface area contributed by atoms with Gasteiger partial charge in [-0.25, -0.2) is 4.79 Å². The summed E-state index contributed by atoms with van der Waals surface area (Å²) < 4.78 is 0. The Bertz CT molecular complexity index is 554. The molecule has 0 spiro atoms. The van der Waals surface area contributed by atoms with Gasteiger partial charge in [0.25, 0.3) is 0 Å². The third kappa shape index (κ3) is 8.63. The highest BCUT2D eigenvalue weighted by Crippen LogP contribution is 2.06. The van der Waals surface area contributed by atoms with Crippen LogP contribution in [0.2, 0.25) is 0 Å². The highest BCUT2D eigenvalue weighted by molar-refractivity contribution is 5.94. The van der Waals surface area contributed by atoms with Crippen LogP contribution < -0.4 is 21.7 Å². The van der Waals surface area contributed by atoms with E-state index in [1.54, 1.807) is 27.7 Å². The molecule has 0 fully saturated rings. The van der Waals surface area contributed by atoms with Crippen LogP contribution in [-0.2, 0) is 19.2 Å². The quantitative estimate of drug-likeness (QED) is 0.186. The smallest absolute Gasteiger partial charge is 0.326 e. The largest absolute Gasteiger partial charge is 0.480 e. The van der Waals surface area contributed by atoms with E-state index < -0.39 is 61.1 Å². The topological polar surface area (TPSA) is 191 Å². The number of amides is 3. The summed E-state index contributed by atoms with van der Waals surface area (Å²) in [6.45, 7) is 5.51. The van der Waals surface area contributed by atoms with Crippen molar-refractivity contribution in [1.82, 2.24) is 16.0 Å².